The Bertz CT molecular complexity index is 965. The van der Waals surface area contributed by atoms with E-state index in [1.807, 2.05) is 24.3 Å². The molecule has 144 valence electrons. The fourth-order valence-electron chi connectivity index (χ4n) is 2.98. The average molecular weight is 396 g/mol. The van der Waals surface area contributed by atoms with E-state index in [2.05, 4.69) is 27.0 Å². The quantitative estimate of drug-likeness (QED) is 0.588. The first-order chi connectivity index (χ1) is 13.6. The predicted molar refractivity (Wildman–Crippen MR) is 109 cm³/mol. The molecule has 28 heavy (non-hydrogen) atoms. The first kappa shape index (κ1) is 18.7. The minimum Gasteiger partial charge on any atom is -0.325 e. The SMILES string of the molecule is CCc1ccc(NC(=O)CSc2nnc(-c3ccc(F)cc3)n2C2CC2)cc1. The van der Waals surface area contributed by atoms with Gasteiger partial charge < -0.3 is 5.32 Å². The summed E-state index contributed by atoms with van der Waals surface area (Å²) in [5.74, 6) is 0.618. The first-order valence-corrected chi connectivity index (χ1v) is 10.3. The average Bonchev–Trinajstić information content (AvgIpc) is 3.47. The van der Waals surface area contributed by atoms with Crippen molar-refractivity contribution in [2.75, 3.05) is 11.1 Å². The zero-order chi connectivity index (χ0) is 19.5. The van der Waals surface area contributed by atoms with Crippen molar-refractivity contribution in [1.82, 2.24) is 14.8 Å². The molecule has 7 heteroatoms. The molecule has 1 N–H and O–H groups in total. The summed E-state index contributed by atoms with van der Waals surface area (Å²) in [6, 6.07) is 14.5. The molecule has 1 aromatic heterocycles. The van der Waals surface area contributed by atoms with E-state index < -0.39 is 0 Å². The van der Waals surface area contributed by atoms with Crippen LogP contribution in [0.4, 0.5) is 10.1 Å². The molecule has 0 bridgehead atoms. The third kappa shape index (κ3) is 4.25. The van der Waals surface area contributed by atoms with Crippen molar-refractivity contribution in [1.29, 1.82) is 0 Å². The number of benzene rings is 2. The number of aryl methyl sites for hydroxylation is 1. The summed E-state index contributed by atoms with van der Waals surface area (Å²) in [5.41, 5.74) is 2.85. The van der Waals surface area contributed by atoms with Gasteiger partial charge in [-0.15, -0.1) is 10.2 Å². The summed E-state index contributed by atoms with van der Waals surface area (Å²) < 4.78 is 15.3. The van der Waals surface area contributed by atoms with Crippen molar-refractivity contribution in [3.05, 3.63) is 59.9 Å². The molecule has 0 aliphatic heterocycles. The van der Waals surface area contributed by atoms with E-state index in [1.165, 1.54) is 29.5 Å². The Morgan fingerprint density at radius 3 is 2.50 bits per heavy atom. The number of halogens is 1. The van der Waals surface area contributed by atoms with Crippen molar-refractivity contribution in [2.24, 2.45) is 0 Å². The Kier molecular flexibility index (Phi) is 5.43. The third-order valence-corrected chi connectivity index (χ3v) is 5.60. The van der Waals surface area contributed by atoms with Gasteiger partial charge in [0.15, 0.2) is 11.0 Å². The van der Waals surface area contributed by atoms with Crippen LogP contribution in [0.25, 0.3) is 11.4 Å². The molecule has 4 rings (SSSR count). The third-order valence-electron chi connectivity index (χ3n) is 4.66. The van der Waals surface area contributed by atoms with Gasteiger partial charge in [0.1, 0.15) is 5.82 Å². The predicted octanol–water partition coefficient (Wildman–Crippen LogP) is 4.71. The Morgan fingerprint density at radius 2 is 1.86 bits per heavy atom. The molecule has 1 heterocycles. The number of amides is 1. The van der Waals surface area contributed by atoms with Crippen molar-refractivity contribution in [3.63, 3.8) is 0 Å². The highest BCUT2D eigenvalue weighted by Gasteiger charge is 2.30. The number of anilines is 1. The molecule has 0 saturated heterocycles. The van der Waals surface area contributed by atoms with Gasteiger partial charge in [0, 0.05) is 17.3 Å². The molecule has 3 aromatic rings. The van der Waals surface area contributed by atoms with E-state index in [1.54, 1.807) is 12.1 Å². The van der Waals surface area contributed by atoms with Gasteiger partial charge in [-0.1, -0.05) is 30.8 Å². The molecule has 1 aliphatic rings. The number of aromatic nitrogens is 3. The second kappa shape index (κ2) is 8.14. The van der Waals surface area contributed by atoms with Crippen LogP contribution in [-0.4, -0.2) is 26.4 Å². The maximum atomic E-state index is 13.2. The van der Waals surface area contributed by atoms with Gasteiger partial charge in [0.25, 0.3) is 0 Å². The molecule has 0 radical (unpaired) electrons. The number of thioether (sulfide) groups is 1. The van der Waals surface area contributed by atoms with Gasteiger partial charge in [0.2, 0.25) is 5.91 Å². The van der Waals surface area contributed by atoms with E-state index in [4.69, 9.17) is 0 Å². The molecule has 2 aromatic carbocycles. The second-order valence-corrected chi connectivity index (χ2v) is 7.74. The highest BCUT2D eigenvalue weighted by atomic mass is 32.2. The number of hydrogen-bond donors (Lipinski definition) is 1. The van der Waals surface area contributed by atoms with Gasteiger partial charge in [-0.25, -0.2) is 4.39 Å². The van der Waals surface area contributed by atoms with Crippen LogP contribution in [0.3, 0.4) is 0 Å². The summed E-state index contributed by atoms with van der Waals surface area (Å²) in [6.07, 6.45) is 3.10. The van der Waals surface area contributed by atoms with Crippen molar-refractivity contribution in [2.45, 2.75) is 37.4 Å². The highest BCUT2D eigenvalue weighted by molar-refractivity contribution is 7.99. The van der Waals surface area contributed by atoms with Crippen molar-refractivity contribution in [3.8, 4) is 11.4 Å². The lowest BCUT2D eigenvalue weighted by Crippen LogP contribution is -2.14. The van der Waals surface area contributed by atoms with Gasteiger partial charge in [-0.2, -0.15) is 0 Å². The maximum absolute atomic E-state index is 13.2. The van der Waals surface area contributed by atoms with Crippen LogP contribution >= 0.6 is 11.8 Å². The number of nitrogens with zero attached hydrogens (tertiary/aromatic N) is 3. The Morgan fingerprint density at radius 1 is 1.14 bits per heavy atom. The number of rotatable bonds is 7. The van der Waals surface area contributed by atoms with Crippen LogP contribution in [0.15, 0.2) is 53.7 Å². The second-order valence-electron chi connectivity index (χ2n) is 6.80. The molecule has 0 spiro atoms. The molecule has 0 unspecified atom stereocenters. The summed E-state index contributed by atoms with van der Waals surface area (Å²) in [6.45, 7) is 2.10. The lowest BCUT2D eigenvalue weighted by atomic mass is 10.1. The van der Waals surface area contributed by atoms with Crippen LogP contribution in [0.5, 0.6) is 0 Å². The van der Waals surface area contributed by atoms with Crippen LogP contribution in [0.2, 0.25) is 0 Å². The molecule has 1 saturated carbocycles. The largest absolute Gasteiger partial charge is 0.325 e. The van der Waals surface area contributed by atoms with E-state index >= 15 is 0 Å². The van der Waals surface area contributed by atoms with E-state index in [0.29, 0.717) is 6.04 Å². The molecular formula is C21H21FN4OS. The molecule has 1 aliphatic carbocycles. The normalized spacial score (nSPS) is 13.5. The Labute approximate surface area is 167 Å². The van der Waals surface area contributed by atoms with Gasteiger partial charge in [0.05, 0.1) is 5.75 Å². The standard InChI is InChI=1S/C21H21FN4OS/c1-2-14-3-9-17(10-4-14)23-19(27)13-28-21-25-24-20(26(21)18-11-12-18)15-5-7-16(22)8-6-15/h3-10,18H,2,11-13H2,1H3,(H,23,27). The van der Waals surface area contributed by atoms with E-state index in [9.17, 15) is 9.18 Å². The van der Waals surface area contributed by atoms with Crippen LogP contribution in [0, 0.1) is 5.82 Å². The van der Waals surface area contributed by atoms with E-state index in [0.717, 1.165) is 41.5 Å². The zero-order valence-corrected chi connectivity index (χ0v) is 16.4. The lowest BCUT2D eigenvalue weighted by Gasteiger charge is -2.09. The molecule has 5 nitrogen and oxygen atoms in total. The fraction of sp³-hybridized carbons (Fsp3) is 0.286. The van der Waals surface area contributed by atoms with Crippen LogP contribution in [0.1, 0.15) is 31.4 Å². The minimum atomic E-state index is -0.278. The summed E-state index contributed by atoms with van der Waals surface area (Å²) in [7, 11) is 0. The molecule has 1 amide bonds. The van der Waals surface area contributed by atoms with Crippen LogP contribution in [-0.2, 0) is 11.2 Å². The summed E-state index contributed by atoms with van der Waals surface area (Å²) in [4.78, 5) is 12.3. The molecular weight excluding hydrogens is 375 g/mol. The number of carbonyl (C=O) groups is 1. The van der Waals surface area contributed by atoms with Crippen LogP contribution < -0.4 is 5.32 Å². The van der Waals surface area contributed by atoms with Crippen molar-refractivity contribution >= 4 is 23.4 Å². The van der Waals surface area contributed by atoms with Crippen molar-refractivity contribution < 1.29 is 9.18 Å². The zero-order valence-electron chi connectivity index (χ0n) is 15.6. The van der Waals surface area contributed by atoms with E-state index in [-0.39, 0.29) is 17.5 Å². The maximum Gasteiger partial charge on any atom is 0.234 e. The lowest BCUT2D eigenvalue weighted by molar-refractivity contribution is -0.113. The summed E-state index contributed by atoms with van der Waals surface area (Å²) in [5, 5.41) is 12.2. The van der Waals surface area contributed by atoms with Gasteiger partial charge >= 0.3 is 0 Å². The molecule has 1 fully saturated rings. The molecule has 0 atom stereocenters. The Hall–Kier alpha value is -2.67. The monoisotopic (exact) mass is 396 g/mol. The first-order valence-electron chi connectivity index (χ1n) is 9.36. The fourth-order valence-corrected chi connectivity index (χ4v) is 3.79. The topological polar surface area (TPSA) is 59.8 Å². The van der Waals surface area contributed by atoms with Gasteiger partial charge in [-0.05, 0) is 61.2 Å². The highest BCUT2D eigenvalue weighted by Crippen LogP contribution is 2.41. The number of carbonyl (C=O) groups excluding carboxylic acids is 1. The number of hydrogen-bond acceptors (Lipinski definition) is 4. The Balaban J connectivity index is 1.44. The smallest absolute Gasteiger partial charge is 0.234 e. The summed E-state index contributed by atoms with van der Waals surface area (Å²) >= 11 is 1.37. The number of nitrogens with one attached hydrogen (secondary N) is 1. The minimum absolute atomic E-state index is 0.0806. The van der Waals surface area contributed by atoms with Gasteiger partial charge in [-0.3, -0.25) is 9.36 Å².